The summed E-state index contributed by atoms with van der Waals surface area (Å²) in [5, 5.41) is 3.98. The molecule has 0 atom stereocenters. The lowest BCUT2D eigenvalue weighted by atomic mass is 10.0. The van der Waals surface area contributed by atoms with E-state index in [4.69, 9.17) is 11.6 Å². The van der Waals surface area contributed by atoms with Gasteiger partial charge in [0.05, 0.1) is 0 Å². The Hall–Kier alpha value is -2.92. The number of aryl methyl sites for hydroxylation is 2. The minimum Gasteiger partial charge on any atom is -0.366 e. The van der Waals surface area contributed by atoms with Crippen LogP contribution in [0, 0.1) is 6.92 Å². The van der Waals surface area contributed by atoms with E-state index in [1.54, 1.807) is 13.0 Å². The molecule has 0 radical (unpaired) electrons. The van der Waals surface area contributed by atoms with Gasteiger partial charge < -0.3 is 10.2 Å². The topological polar surface area (TPSA) is 58.1 Å². The van der Waals surface area contributed by atoms with Crippen LogP contribution >= 0.6 is 11.6 Å². The summed E-state index contributed by atoms with van der Waals surface area (Å²) in [6.45, 7) is 3.09. The summed E-state index contributed by atoms with van der Waals surface area (Å²) in [5.74, 6) is 1.11. The van der Waals surface area contributed by atoms with Gasteiger partial charge in [0.2, 0.25) is 0 Å². The monoisotopic (exact) mass is 392 g/mol. The largest absolute Gasteiger partial charge is 0.366 e. The summed E-state index contributed by atoms with van der Waals surface area (Å²) in [5.41, 5.74) is 3.67. The number of fused-ring (bicyclic) bond motifs is 1. The Balaban J connectivity index is 1.55. The van der Waals surface area contributed by atoms with Crippen LogP contribution in [0.25, 0.3) is 0 Å². The third kappa shape index (κ3) is 3.99. The number of amides is 1. The molecule has 1 aliphatic rings. The Bertz CT molecular complexity index is 1000. The van der Waals surface area contributed by atoms with Crippen molar-refractivity contribution in [2.45, 2.75) is 26.3 Å². The summed E-state index contributed by atoms with van der Waals surface area (Å²) in [7, 11) is 0. The number of aromatic nitrogens is 2. The van der Waals surface area contributed by atoms with Gasteiger partial charge in [-0.2, -0.15) is 0 Å². The zero-order valence-electron chi connectivity index (χ0n) is 15.7. The number of nitrogens with zero attached hydrogens (tertiary/aromatic N) is 3. The number of rotatable bonds is 4. The Kier molecular flexibility index (Phi) is 5.26. The highest BCUT2D eigenvalue weighted by Gasteiger charge is 2.24. The molecule has 0 saturated heterocycles. The van der Waals surface area contributed by atoms with Crippen molar-refractivity contribution < 1.29 is 4.79 Å². The quantitative estimate of drug-likeness (QED) is 0.702. The Labute approximate surface area is 169 Å². The highest BCUT2D eigenvalue weighted by Crippen LogP contribution is 2.28. The molecule has 0 unspecified atom stereocenters. The zero-order valence-corrected chi connectivity index (χ0v) is 16.4. The van der Waals surface area contributed by atoms with Crippen LogP contribution in [0.1, 0.15) is 33.9 Å². The van der Waals surface area contributed by atoms with Gasteiger partial charge in [0, 0.05) is 29.9 Å². The maximum absolute atomic E-state index is 13.2. The van der Waals surface area contributed by atoms with Crippen LogP contribution in [0.5, 0.6) is 0 Å². The second-order valence-corrected chi connectivity index (χ2v) is 7.29. The van der Waals surface area contributed by atoms with Crippen LogP contribution in [-0.2, 0) is 13.0 Å². The van der Waals surface area contributed by atoms with E-state index in [0.717, 1.165) is 24.1 Å². The summed E-state index contributed by atoms with van der Waals surface area (Å²) >= 11 is 5.93. The first-order valence-corrected chi connectivity index (χ1v) is 9.72. The van der Waals surface area contributed by atoms with E-state index in [1.165, 1.54) is 5.56 Å². The van der Waals surface area contributed by atoms with Gasteiger partial charge in [0.25, 0.3) is 5.91 Å². The number of carbonyl (C=O) groups excluding carboxylic acids is 1. The minimum absolute atomic E-state index is 0.0906. The molecule has 6 heteroatoms. The summed E-state index contributed by atoms with van der Waals surface area (Å²) in [4.78, 5) is 23.8. The van der Waals surface area contributed by atoms with Crippen LogP contribution < -0.4 is 10.2 Å². The molecular weight excluding hydrogens is 372 g/mol. The van der Waals surface area contributed by atoms with Crippen molar-refractivity contribution in [1.29, 1.82) is 0 Å². The lowest BCUT2D eigenvalue weighted by molar-refractivity contribution is 0.0980. The number of hydrogen-bond acceptors (Lipinski definition) is 4. The van der Waals surface area contributed by atoms with Gasteiger partial charge in [0.1, 0.15) is 17.3 Å². The van der Waals surface area contributed by atoms with Crippen molar-refractivity contribution in [2.24, 2.45) is 0 Å². The van der Waals surface area contributed by atoms with E-state index in [1.807, 2.05) is 47.4 Å². The van der Waals surface area contributed by atoms with Crippen molar-refractivity contribution in [3.05, 3.63) is 82.3 Å². The third-order valence-corrected chi connectivity index (χ3v) is 5.05. The molecule has 1 amide bonds. The maximum Gasteiger partial charge on any atom is 0.277 e. The highest BCUT2D eigenvalue weighted by atomic mass is 35.5. The van der Waals surface area contributed by atoms with Crippen molar-refractivity contribution in [1.82, 2.24) is 9.97 Å². The van der Waals surface area contributed by atoms with E-state index in [2.05, 4.69) is 21.4 Å². The van der Waals surface area contributed by atoms with Crippen LogP contribution in [0.15, 0.2) is 54.6 Å². The van der Waals surface area contributed by atoms with Gasteiger partial charge in [-0.15, -0.1) is 0 Å². The smallest absolute Gasteiger partial charge is 0.277 e. The first-order valence-electron chi connectivity index (χ1n) is 9.34. The molecule has 3 aromatic rings. The standard InChI is InChI=1S/C22H21ClN4O/c1-15-25-19(13-21(26-15)24-14-16-8-10-18(23)11-9-16)22(28)27-12-4-6-17-5-2-3-7-20(17)27/h2-3,5,7-11,13H,4,6,12,14H2,1H3,(H,24,25,26). The molecule has 1 aliphatic heterocycles. The van der Waals surface area contributed by atoms with E-state index in [9.17, 15) is 4.79 Å². The number of benzene rings is 2. The van der Waals surface area contributed by atoms with E-state index in [-0.39, 0.29) is 5.91 Å². The average molecular weight is 393 g/mol. The number of anilines is 2. The second kappa shape index (κ2) is 7.98. The maximum atomic E-state index is 13.2. The molecular formula is C22H21ClN4O. The molecule has 1 aromatic heterocycles. The van der Waals surface area contributed by atoms with Gasteiger partial charge in [-0.1, -0.05) is 41.9 Å². The third-order valence-electron chi connectivity index (χ3n) is 4.80. The minimum atomic E-state index is -0.0906. The molecule has 0 bridgehead atoms. The Morgan fingerprint density at radius 2 is 1.93 bits per heavy atom. The fourth-order valence-corrected chi connectivity index (χ4v) is 3.57. The lowest BCUT2D eigenvalue weighted by Crippen LogP contribution is -2.36. The molecule has 0 saturated carbocycles. The molecule has 0 fully saturated rings. The van der Waals surface area contributed by atoms with E-state index >= 15 is 0 Å². The molecule has 0 spiro atoms. The molecule has 0 aliphatic carbocycles. The number of para-hydroxylation sites is 1. The SMILES string of the molecule is Cc1nc(NCc2ccc(Cl)cc2)cc(C(=O)N2CCCc3ccccc32)n1. The lowest BCUT2D eigenvalue weighted by Gasteiger charge is -2.29. The Morgan fingerprint density at radius 1 is 1.14 bits per heavy atom. The summed E-state index contributed by atoms with van der Waals surface area (Å²) in [6, 6.07) is 17.4. The predicted molar refractivity (Wildman–Crippen MR) is 112 cm³/mol. The van der Waals surface area contributed by atoms with E-state index < -0.39 is 0 Å². The predicted octanol–water partition coefficient (Wildman–Crippen LogP) is 4.64. The van der Waals surface area contributed by atoms with Crippen LogP contribution in [0.3, 0.4) is 0 Å². The number of carbonyl (C=O) groups is 1. The highest BCUT2D eigenvalue weighted by molar-refractivity contribution is 6.30. The van der Waals surface area contributed by atoms with Crippen LogP contribution in [0.4, 0.5) is 11.5 Å². The van der Waals surface area contributed by atoms with Crippen molar-refractivity contribution in [2.75, 3.05) is 16.8 Å². The number of nitrogens with one attached hydrogen (secondary N) is 1. The van der Waals surface area contributed by atoms with Crippen LogP contribution in [0.2, 0.25) is 5.02 Å². The van der Waals surface area contributed by atoms with Gasteiger partial charge in [-0.3, -0.25) is 4.79 Å². The Morgan fingerprint density at radius 3 is 2.75 bits per heavy atom. The molecule has 2 aromatic carbocycles. The molecule has 2 heterocycles. The summed E-state index contributed by atoms with van der Waals surface area (Å²) < 4.78 is 0. The number of halogens is 1. The fourth-order valence-electron chi connectivity index (χ4n) is 3.45. The van der Waals surface area contributed by atoms with Gasteiger partial charge in [-0.25, -0.2) is 9.97 Å². The molecule has 142 valence electrons. The second-order valence-electron chi connectivity index (χ2n) is 6.85. The molecule has 4 rings (SSSR count). The summed E-state index contributed by atoms with van der Waals surface area (Å²) in [6.07, 6.45) is 1.95. The fraction of sp³-hybridized carbons (Fsp3) is 0.227. The molecule has 28 heavy (non-hydrogen) atoms. The zero-order chi connectivity index (χ0) is 19.5. The van der Waals surface area contributed by atoms with Crippen molar-refractivity contribution in [3.8, 4) is 0 Å². The first kappa shape index (κ1) is 18.4. The first-order chi connectivity index (χ1) is 13.6. The van der Waals surface area contributed by atoms with Crippen molar-refractivity contribution in [3.63, 3.8) is 0 Å². The van der Waals surface area contributed by atoms with E-state index in [0.29, 0.717) is 35.4 Å². The average Bonchev–Trinajstić information content (AvgIpc) is 2.72. The van der Waals surface area contributed by atoms with Crippen molar-refractivity contribution >= 4 is 29.0 Å². The van der Waals surface area contributed by atoms with Crippen LogP contribution in [-0.4, -0.2) is 22.4 Å². The molecule has 1 N–H and O–H groups in total. The van der Waals surface area contributed by atoms with Gasteiger partial charge in [-0.05, 0) is 49.1 Å². The normalized spacial score (nSPS) is 13.1. The van der Waals surface area contributed by atoms with Gasteiger partial charge in [0.15, 0.2) is 0 Å². The van der Waals surface area contributed by atoms with Gasteiger partial charge >= 0.3 is 0 Å². The molecule has 5 nitrogen and oxygen atoms in total. The number of hydrogen-bond donors (Lipinski definition) is 1.